The Morgan fingerprint density at radius 3 is 2.06 bits per heavy atom. The van der Waals surface area contributed by atoms with Crippen LogP contribution in [0.5, 0.6) is 0 Å². The third-order valence-electron chi connectivity index (χ3n) is 7.07. The number of aliphatic imine (C=N–C) groups is 1. The quantitative estimate of drug-likeness (QED) is 0.0750. The maximum Gasteiger partial charge on any atom is 0.323 e. The topological polar surface area (TPSA) is 143 Å². The van der Waals surface area contributed by atoms with Crippen LogP contribution in [0.4, 0.5) is 0 Å². The number of ether oxygens (including phenoxy) is 2. The predicted molar refractivity (Wildman–Crippen MR) is 146 cm³/mol. The van der Waals surface area contributed by atoms with Crippen LogP contribution in [0.2, 0.25) is 0 Å². The van der Waals surface area contributed by atoms with Crippen LogP contribution in [0, 0.1) is 5.92 Å². The molecule has 1 aliphatic rings. The van der Waals surface area contributed by atoms with Crippen molar-refractivity contribution in [2.24, 2.45) is 28.1 Å². The maximum atomic E-state index is 12.7. The first-order valence-corrected chi connectivity index (χ1v) is 14.6. The zero-order chi connectivity index (χ0) is 26.6. The Labute approximate surface area is 219 Å². The van der Waals surface area contributed by atoms with E-state index in [2.05, 4.69) is 18.8 Å². The summed E-state index contributed by atoms with van der Waals surface area (Å²) in [7, 11) is 0. The van der Waals surface area contributed by atoms with E-state index in [0.717, 1.165) is 38.5 Å². The fourth-order valence-electron chi connectivity index (χ4n) is 4.76. The minimum atomic E-state index is -0.710. The van der Waals surface area contributed by atoms with Crippen LogP contribution in [-0.2, 0) is 19.1 Å². The zero-order valence-corrected chi connectivity index (χ0v) is 23.1. The molecule has 1 rings (SSSR count). The number of guanidine groups is 1. The van der Waals surface area contributed by atoms with Crippen molar-refractivity contribution in [3.63, 3.8) is 0 Å². The Kier molecular flexibility index (Phi) is 18.1. The molecule has 4 atom stereocenters. The first-order chi connectivity index (χ1) is 17.4. The molecule has 0 saturated carbocycles. The van der Waals surface area contributed by atoms with Gasteiger partial charge in [-0.3, -0.25) is 14.6 Å². The number of nitrogens with two attached hydrogens (primary N) is 3. The first kappa shape index (κ1) is 32.2. The smallest absolute Gasteiger partial charge is 0.323 e. The molecule has 0 aromatic rings. The summed E-state index contributed by atoms with van der Waals surface area (Å²) in [5.74, 6) is -0.544. The summed E-state index contributed by atoms with van der Waals surface area (Å²) in [5.41, 5.74) is 16.8. The highest BCUT2D eigenvalue weighted by Crippen LogP contribution is 2.32. The number of esters is 2. The van der Waals surface area contributed by atoms with E-state index >= 15 is 0 Å². The Morgan fingerprint density at radius 1 is 0.889 bits per heavy atom. The van der Waals surface area contributed by atoms with Crippen molar-refractivity contribution >= 4 is 17.9 Å². The van der Waals surface area contributed by atoms with Crippen LogP contribution in [0.25, 0.3) is 0 Å². The van der Waals surface area contributed by atoms with E-state index < -0.39 is 12.0 Å². The Bertz CT molecular complexity index is 625. The SMILES string of the molecule is CCCCCCCCCCC[C@@H](C[C@@H]1OC(=O)[C@H]1CCCCCC)OC(=O)[C@@H](N)CCCN=C(N)N. The number of rotatable bonds is 23. The zero-order valence-electron chi connectivity index (χ0n) is 23.1. The van der Waals surface area contributed by atoms with Crippen LogP contribution in [0.15, 0.2) is 4.99 Å². The molecule has 0 bridgehead atoms. The predicted octanol–water partition coefficient (Wildman–Crippen LogP) is 5.10. The van der Waals surface area contributed by atoms with Gasteiger partial charge in [-0.05, 0) is 32.1 Å². The number of hydrogen-bond donors (Lipinski definition) is 3. The fourth-order valence-corrected chi connectivity index (χ4v) is 4.76. The van der Waals surface area contributed by atoms with Crippen LogP contribution in [0.1, 0.15) is 129 Å². The Morgan fingerprint density at radius 2 is 1.47 bits per heavy atom. The van der Waals surface area contributed by atoms with Gasteiger partial charge in [0.15, 0.2) is 5.96 Å². The standard InChI is InChI=1S/C28H54N4O4/c1-3-5-7-9-10-11-12-13-14-17-22(35-27(34)24(29)19-16-20-32-28(30)31)21-25-23(26(33)36-25)18-15-8-6-4-2/h22-25H,3-21,29H2,1-2H3,(H4,30,31,32)/t22-,23-,24-,25-/m0/s1. The molecule has 0 spiro atoms. The summed E-state index contributed by atoms with van der Waals surface area (Å²) in [5, 5.41) is 0. The van der Waals surface area contributed by atoms with Crippen LogP contribution < -0.4 is 17.2 Å². The highest BCUT2D eigenvalue weighted by atomic mass is 16.6. The lowest BCUT2D eigenvalue weighted by Gasteiger charge is -2.37. The molecule has 210 valence electrons. The average molecular weight is 511 g/mol. The van der Waals surface area contributed by atoms with Crippen LogP contribution in [-0.4, -0.2) is 42.7 Å². The molecule has 0 aromatic heterocycles. The number of carbonyl (C=O) groups excluding carboxylic acids is 2. The van der Waals surface area contributed by atoms with E-state index in [1.54, 1.807) is 0 Å². The van der Waals surface area contributed by atoms with Crippen molar-refractivity contribution in [1.82, 2.24) is 0 Å². The van der Waals surface area contributed by atoms with E-state index in [0.29, 0.717) is 25.8 Å². The molecule has 0 aliphatic carbocycles. The number of cyclic esters (lactones) is 1. The minimum Gasteiger partial charge on any atom is -0.461 e. The molecular weight excluding hydrogens is 456 g/mol. The maximum absolute atomic E-state index is 12.7. The van der Waals surface area contributed by atoms with E-state index in [-0.39, 0.29) is 30.1 Å². The monoisotopic (exact) mass is 510 g/mol. The van der Waals surface area contributed by atoms with Gasteiger partial charge in [0.2, 0.25) is 0 Å². The fraction of sp³-hybridized carbons (Fsp3) is 0.893. The molecule has 8 nitrogen and oxygen atoms in total. The Balaban J connectivity index is 2.50. The summed E-state index contributed by atoms with van der Waals surface area (Å²) < 4.78 is 11.3. The molecule has 1 heterocycles. The molecule has 6 N–H and O–H groups in total. The Hall–Kier alpha value is -1.83. The summed E-state index contributed by atoms with van der Waals surface area (Å²) >= 11 is 0. The van der Waals surface area contributed by atoms with Crippen molar-refractivity contribution < 1.29 is 19.1 Å². The molecule has 1 saturated heterocycles. The largest absolute Gasteiger partial charge is 0.461 e. The van der Waals surface area contributed by atoms with E-state index in [1.165, 1.54) is 57.8 Å². The van der Waals surface area contributed by atoms with Gasteiger partial charge >= 0.3 is 11.9 Å². The van der Waals surface area contributed by atoms with Crippen molar-refractivity contribution in [2.75, 3.05) is 6.54 Å². The van der Waals surface area contributed by atoms with Crippen molar-refractivity contribution in [1.29, 1.82) is 0 Å². The number of unbranched alkanes of at least 4 members (excludes halogenated alkanes) is 11. The van der Waals surface area contributed by atoms with Gasteiger partial charge in [-0.25, -0.2) is 0 Å². The molecule has 1 fully saturated rings. The van der Waals surface area contributed by atoms with Crippen molar-refractivity contribution in [2.45, 2.75) is 148 Å². The summed E-state index contributed by atoms with van der Waals surface area (Å²) in [4.78, 5) is 28.7. The van der Waals surface area contributed by atoms with E-state index in [4.69, 9.17) is 26.7 Å². The molecule has 0 radical (unpaired) electrons. The second-order valence-corrected chi connectivity index (χ2v) is 10.4. The number of nitrogens with zero attached hydrogens (tertiary/aromatic N) is 1. The molecular formula is C28H54N4O4. The highest BCUT2D eigenvalue weighted by molar-refractivity contribution is 5.78. The van der Waals surface area contributed by atoms with Crippen LogP contribution >= 0.6 is 0 Å². The molecule has 8 heteroatoms. The van der Waals surface area contributed by atoms with Crippen molar-refractivity contribution in [3.05, 3.63) is 0 Å². The van der Waals surface area contributed by atoms with E-state index in [1.807, 2.05) is 0 Å². The molecule has 0 amide bonds. The third-order valence-corrected chi connectivity index (χ3v) is 7.07. The summed E-state index contributed by atoms with van der Waals surface area (Å²) in [6.45, 7) is 4.85. The van der Waals surface area contributed by atoms with E-state index in [9.17, 15) is 9.59 Å². The van der Waals surface area contributed by atoms with Gasteiger partial charge in [-0.1, -0.05) is 90.9 Å². The average Bonchev–Trinajstić information content (AvgIpc) is 2.84. The van der Waals surface area contributed by atoms with Gasteiger partial charge in [0, 0.05) is 13.0 Å². The summed E-state index contributed by atoms with van der Waals surface area (Å²) in [6.07, 6.45) is 18.5. The van der Waals surface area contributed by atoms with Gasteiger partial charge in [0.05, 0.1) is 5.92 Å². The van der Waals surface area contributed by atoms with Gasteiger partial charge in [0.25, 0.3) is 0 Å². The second-order valence-electron chi connectivity index (χ2n) is 10.4. The lowest BCUT2D eigenvalue weighted by Crippen LogP contribution is -2.47. The van der Waals surface area contributed by atoms with Crippen LogP contribution in [0.3, 0.4) is 0 Å². The highest BCUT2D eigenvalue weighted by Gasteiger charge is 2.43. The van der Waals surface area contributed by atoms with Crippen molar-refractivity contribution in [3.8, 4) is 0 Å². The number of hydrogen-bond acceptors (Lipinski definition) is 6. The minimum absolute atomic E-state index is 0.0338. The number of carbonyl (C=O) groups is 2. The lowest BCUT2D eigenvalue weighted by molar-refractivity contribution is -0.190. The normalized spacial score (nSPS) is 18.7. The second kappa shape index (κ2) is 20.3. The molecule has 0 unspecified atom stereocenters. The first-order valence-electron chi connectivity index (χ1n) is 14.6. The lowest BCUT2D eigenvalue weighted by atomic mass is 9.86. The molecule has 36 heavy (non-hydrogen) atoms. The summed E-state index contributed by atoms with van der Waals surface area (Å²) in [6, 6.07) is -0.710. The van der Waals surface area contributed by atoms with Gasteiger partial charge in [-0.15, -0.1) is 0 Å². The van der Waals surface area contributed by atoms with Gasteiger partial charge in [-0.2, -0.15) is 0 Å². The molecule has 1 aliphatic heterocycles. The van der Waals surface area contributed by atoms with Gasteiger partial charge in [0.1, 0.15) is 18.2 Å². The third kappa shape index (κ3) is 14.7. The molecule has 0 aromatic carbocycles. The van der Waals surface area contributed by atoms with Gasteiger partial charge < -0.3 is 26.7 Å².